The first-order valence-electron chi connectivity index (χ1n) is 9.89. The number of benzene rings is 1. The van der Waals surface area contributed by atoms with Crippen molar-refractivity contribution >= 4 is 5.69 Å². The number of hydrogen-bond donors (Lipinski definition) is 0. The normalized spacial score (nSPS) is 16.4. The van der Waals surface area contributed by atoms with Gasteiger partial charge in [0, 0.05) is 37.6 Å². The molecule has 0 atom stereocenters. The largest absolute Gasteiger partial charge is 0.371 e. The Morgan fingerprint density at radius 1 is 1.15 bits per heavy atom. The van der Waals surface area contributed by atoms with Crippen LogP contribution < -0.4 is 10.5 Å². The summed E-state index contributed by atoms with van der Waals surface area (Å²) in [4.78, 5) is 14.6. The standard InChI is InChI=1S/C22H29FN2O2/c1-2-3-13-25-14-9-20(18-21(25)26)24-15-10-22(11-16-24,27-17-12-23)19-7-5-4-6-8-19/h4-9,14,18H,2-3,10-13,15-17H2,1H3. The second kappa shape index (κ2) is 9.18. The van der Waals surface area contributed by atoms with Crippen molar-refractivity contribution in [3.8, 4) is 0 Å². The quantitative estimate of drug-likeness (QED) is 0.699. The molecule has 27 heavy (non-hydrogen) atoms. The highest BCUT2D eigenvalue weighted by molar-refractivity contribution is 5.46. The number of halogens is 1. The summed E-state index contributed by atoms with van der Waals surface area (Å²) in [5.41, 5.74) is 1.67. The minimum absolute atomic E-state index is 0.0505. The van der Waals surface area contributed by atoms with Gasteiger partial charge in [-0.1, -0.05) is 43.7 Å². The molecule has 1 fully saturated rings. The molecule has 146 valence electrons. The van der Waals surface area contributed by atoms with E-state index in [2.05, 4.69) is 24.0 Å². The molecule has 5 heteroatoms. The smallest absolute Gasteiger partial charge is 0.252 e. The van der Waals surface area contributed by atoms with Gasteiger partial charge < -0.3 is 14.2 Å². The van der Waals surface area contributed by atoms with Crippen LogP contribution >= 0.6 is 0 Å². The maximum atomic E-state index is 12.8. The number of aryl methyl sites for hydroxylation is 1. The zero-order valence-electron chi connectivity index (χ0n) is 16.1. The molecule has 1 aromatic carbocycles. The second-order valence-electron chi connectivity index (χ2n) is 7.15. The van der Waals surface area contributed by atoms with E-state index in [1.165, 1.54) is 0 Å². The number of ether oxygens (including phenoxy) is 1. The van der Waals surface area contributed by atoms with Crippen LogP contribution in [0.3, 0.4) is 0 Å². The van der Waals surface area contributed by atoms with Gasteiger partial charge in [0.1, 0.15) is 6.67 Å². The number of nitrogens with zero attached hydrogens (tertiary/aromatic N) is 2. The number of unbranched alkanes of at least 4 members (excludes halogenated alkanes) is 1. The Hall–Kier alpha value is -2.14. The minimum Gasteiger partial charge on any atom is -0.371 e. The molecule has 0 bridgehead atoms. The summed E-state index contributed by atoms with van der Waals surface area (Å²) in [6.07, 6.45) is 5.52. The summed E-state index contributed by atoms with van der Waals surface area (Å²) < 4.78 is 20.6. The molecule has 0 radical (unpaired) electrons. The minimum atomic E-state index is -0.478. The van der Waals surface area contributed by atoms with E-state index in [0.717, 1.165) is 56.6 Å². The van der Waals surface area contributed by atoms with E-state index in [1.807, 2.05) is 30.5 Å². The average Bonchev–Trinajstić information content (AvgIpc) is 2.72. The van der Waals surface area contributed by atoms with Crippen molar-refractivity contribution in [2.24, 2.45) is 0 Å². The third kappa shape index (κ3) is 4.59. The Bertz CT molecular complexity index is 767. The van der Waals surface area contributed by atoms with Crippen LogP contribution in [0.2, 0.25) is 0 Å². The van der Waals surface area contributed by atoms with Gasteiger partial charge in [0.2, 0.25) is 0 Å². The molecule has 1 saturated heterocycles. The molecule has 1 aliphatic heterocycles. The Morgan fingerprint density at radius 3 is 2.52 bits per heavy atom. The van der Waals surface area contributed by atoms with Crippen molar-refractivity contribution in [1.82, 2.24) is 4.57 Å². The van der Waals surface area contributed by atoms with Gasteiger partial charge in [0.05, 0.1) is 12.2 Å². The van der Waals surface area contributed by atoms with Crippen molar-refractivity contribution in [3.05, 3.63) is 64.6 Å². The van der Waals surface area contributed by atoms with Gasteiger partial charge in [-0.2, -0.15) is 0 Å². The van der Waals surface area contributed by atoms with E-state index < -0.39 is 12.3 Å². The van der Waals surface area contributed by atoms with E-state index >= 15 is 0 Å². The third-order valence-electron chi connectivity index (χ3n) is 5.42. The van der Waals surface area contributed by atoms with Crippen LogP contribution in [-0.2, 0) is 16.9 Å². The number of anilines is 1. The summed E-state index contributed by atoms with van der Waals surface area (Å²) in [7, 11) is 0. The van der Waals surface area contributed by atoms with Gasteiger partial charge in [-0.15, -0.1) is 0 Å². The number of aromatic nitrogens is 1. The first-order chi connectivity index (χ1) is 13.2. The van der Waals surface area contributed by atoms with Crippen molar-refractivity contribution in [1.29, 1.82) is 0 Å². The summed E-state index contributed by atoms with van der Waals surface area (Å²) in [6, 6.07) is 13.8. The van der Waals surface area contributed by atoms with Gasteiger partial charge in [0.15, 0.2) is 0 Å². The van der Waals surface area contributed by atoms with Crippen LogP contribution in [0, 0.1) is 0 Å². The molecule has 2 aromatic rings. The molecule has 0 N–H and O–H groups in total. The topological polar surface area (TPSA) is 34.5 Å². The van der Waals surface area contributed by atoms with Crippen LogP contribution in [0.1, 0.15) is 38.2 Å². The number of rotatable bonds is 8. The van der Waals surface area contributed by atoms with Crippen molar-refractivity contribution in [2.45, 2.75) is 44.8 Å². The van der Waals surface area contributed by atoms with Crippen LogP contribution in [0.5, 0.6) is 0 Å². The molecular formula is C22H29FN2O2. The molecule has 1 aromatic heterocycles. The molecular weight excluding hydrogens is 343 g/mol. The number of hydrogen-bond acceptors (Lipinski definition) is 3. The molecule has 0 amide bonds. The lowest BCUT2D eigenvalue weighted by molar-refractivity contribution is -0.0715. The molecule has 0 spiro atoms. The van der Waals surface area contributed by atoms with E-state index in [-0.39, 0.29) is 12.2 Å². The van der Waals surface area contributed by atoms with Gasteiger partial charge in [-0.25, -0.2) is 4.39 Å². The predicted molar refractivity (Wildman–Crippen MR) is 107 cm³/mol. The molecule has 0 aliphatic carbocycles. The predicted octanol–water partition coefficient (Wildman–Crippen LogP) is 4.13. The first-order valence-corrected chi connectivity index (χ1v) is 9.89. The van der Waals surface area contributed by atoms with E-state index in [0.29, 0.717) is 0 Å². The molecule has 2 heterocycles. The molecule has 1 aliphatic rings. The molecule has 0 saturated carbocycles. The highest BCUT2D eigenvalue weighted by Crippen LogP contribution is 2.37. The Balaban J connectivity index is 1.73. The zero-order chi connectivity index (χ0) is 19.1. The van der Waals surface area contributed by atoms with Crippen molar-refractivity contribution < 1.29 is 9.13 Å². The Labute approximate surface area is 160 Å². The Morgan fingerprint density at radius 2 is 1.89 bits per heavy atom. The second-order valence-corrected chi connectivity index (χ2v) is 7.15. The Kier molecular flexibility index (Phi) is 6.67. The molecule has 3 rings (SSSR count). The monoisotopic (exact) mass is 372 g/mol. The lowest BCUT2D eigenvalue weighted by Crippen LogP contribution is -2.45. The third-order valence-corrected chi connectivity index (χ3v) is 5.42. The summed E-state index contributed by atoms with van der Waals surface area (Å²) in [5, 5.41) is 0. The fourth-order valence-electron chi connectivity index (χ4n) is 3.83. The fourth-order valence-corrected chi connectivity index (χ4v) is 3.83. The van der Waals surface area contributed by atoms with Crippen LogP contribution in [-0.4, -0.2) is 30.9 Å². The fraction of sp³-hybridized carbons (Fsp3) is 0.500. The van der Waals surface area contributed by atoms with E-state index in [1.54, 1.807) is 10.6 Å². The SMILES string of the molecule is CCCCn1ccc(N2CCC(OCCF)(c3ccccc3)CC2)cc1=O. The highest BCUT2D eigenvalue weighted by atomic mass is 19.1. The van der Waals surface area contributed by atoms with Gasteiger partial charge >= 0.3 is 0 Å². The van der Waals surface area contributed by atoms with Crippen LogP contribution in [0.15, 0.2) is 53.5 Å². The first kappa shape index (κ1) is 19.6. The lowest BCUT2D eigenvalue weighted by atomic mass is 9.84. The van der Waals surface area contributed by atoms with Crippen molar-refractivity contribution in [3.63, 3.8) is 0 Å². The lowest BCUT2D eigenvalue weighted by Gasteiger charge is -2.42. The summed E-state index contributed by atoms with van der Waals surface area (Å²) in [6.45, 7) is 4.08. The molecule has 4 nitrogen and oxygen atoms in total. The average molecular weight is 372 g/mol. The number of alkyl halides is 1. The van der Waals surface area contributed by atoms with Crippen molar-refractivity contribution in [2.75, 3.05) is 31.3 Å². The van der Waals surface area contributed by atoms with E-state index in [9.17, 15) is 9.18 Å². The zero-order valence-corrected chi connectivity index (χ0v) is 16.1. The maximum Gasteiger partial charge on any atom is 0.252 e. The maximum absolute atomic E-state index is 12.8. The summed E-state index contributed by atoms with van der Waals surface area (Å²) in [5.74, 6) is 0. The summed E-state index contributed by atoms with van der Waals surface area (Å²) >= 11 is 0. The van der Waals surface area contributed by atoms with Gasteiger partial charge in [-0.05, 0) is 30.9 Å². The van der Waals surface area contributed by atoms with E-state index in [4.69, 9.17) is 4.74 Å². The number of pyridine rings is 1. The molecule has 0 unspecified atom stereocenters. The van der Waals surface area contributed by atoms with Crippen LogP contribution in [0.4, 0.5) is 10.1 Å². The van der Waals surface area contributed by atoms with Crippen LogP contribution in [0.25, 0.3) is 0 Å². The highest BCUT2D eigenvalue weighted by Gasteiger charge is 2.37. The van der Waals surface area contributed by atoms with Gasteiger partial charge in [0.25, 0.3) is 5.56 Å². The van der Waals surface area contributed by atoms with Gasteiger partial charge in [-0.3, -0.25) is 4.79 Å². The number of piperidine rings is 1.